The van der Waals surface area contributed by atoms with Crippen LogP contribution in [0.1, 0.15) is 22.1 Å². The Morgan fingerprint density at radius 3 is 3.00 bits per heavy atom. The Kier molecular flexibility index (Phi) is 3.14. The Balaban J connectivity index is 2.15. The fourth-order valence-corrected chi connectivity index (χ4v) is 2.33. The number of rotatable bonds is 3. The van der Waals surface area contributed by atoms with Gasteiger partial charge in [-0.05, 0) is 35.6 Å². The molecule has 0 saturated heterocycles. The Bertz CT molecular complexity index is 425. The van der Waals surface area contributed by atoms with E-state index in [9.17, 15) is 5.11 Å². The minimum atomic E-state index is -0.424. The molecule has 2 heterocycles. The zero-order valence-electron chi connectivity index (χ0n) is 8.55. The molecule has 0 radical (unpaired) electrons. The fourth-order valence-electron chi connectivity index (χ4n) is 1.59. The molecule has 0 aliphatic rings. The van der Waals surface area contributed by atoms with E-state index in [-0.39, 0.29) is 0 Å². The maximum absolute atomic E-state index is 10.1. The number of pyridine rings is 1. The van der Waals surface area contributed by atoms with Crippen molar-refractivity contribution in [3.8, 4) is 0 Å². The number of nitrogens with zero attached hydrogens (tertiary/aromatic N) is 1. The fraction of sp³-hybridized carbons (Fsp3) is 0.250. The summed E-state index contributed by atoms with van der Waals surface area (Å²) in [6.45, 7) is 1.97. The van der Waals surface area contributed by atoms with E-state index in [1.54, 1.807) is 23.7 Å². The molecule has 0 aliphatic heterocycles. The second kappa shape index (κ2) is 4.55. The second-order valence-electron chi connectivity index (χ2n) is 3.53. The van der Waals surface area contributed by atoms with Gasteiger partial charge in [0.2, 0.25) is 0 Å². The summed E-state index contributed by atoms with van der Waals surface area (Å²) in [5, 5.41) is 12.1. The standard InChI is InChI=1S/C12H13NOS/c1-9-8-13-5-4-11(9)12(14)7-10-3-2-6-15-10/h2-6,8,12,14H,7H2,1H3. The summed E-state index contributed by atoms with van der Waals surface area (Å²) in [5.41, 5.74) is 2.01. The van der Waals surface area contributed by atoms with Crippen LogP contribution in [0.2, 0.25) is 0 Å². The molecule has 0 fully saturated rings. The van der Waals surface area contributed by atoms with Crippen LogP contribution in [0.3, 0.4) is 0 Å². The van der Waals surface area contributed by atoms with Gasteiger partial charge < -0.3 is 5.11 Å². The first-order valence-electron chi connectivity index (χ1n) is 4.88. The van der Waals surface area contributed by atoms with E-state index in [4.69, 9.17) is 0 Å². The number of hydrogen-bond acceptors (Lipinski definition) is 3. The smallest absolute Gasteiger partial charge is 0.0841 e. The van der Waals surface area contributed by atoms with Crippen LogP contribution in [0.25, 0.3) is 0 Å². The molecule has 1 atom stereocenters. The molecule has 3 heteroatoms. The summed E-state index contributed by atoms with van der Waals surface area (Å²) < 4.78 is 0. The maximum Gasteiger partial charge on any atom is 0.0841 e. The average molecular weight is 219 g/mol. The van der Waals surface area contributed by atoms with Crippen molar-refractivity contribution in [3.63, 3.8) is 0 Å². The lowest BCUT2D eigenvalue weighted by molar-refractivity contribution is 0.178. The highest BCUT2D eigenvalue weighted by Crippen LogP contribution is 2.22. The lowest BCUT2D eigenvalue weighted by atomic mass is 10.0. The molecule has 0 spiro atoms. The van der Waals surface area contributed by atoms with Crippen molar-refractivity contribution in [2.45, 2.75) is 19.4 Å². The van der Waals surface area contributed by atoms with Crippen molar-refractivity contribution in [1.29, 1.82) is 0 Å². The number of thiophene rings is 1. The van der Waals surface area contributed by atoms with Gasteiger partial charge in [0.25, 0.3) is 0 Å². The van der Waals surface area contributed by atoms with Crippen LogP contribution in [0, 0.1) is 6.92 Å². The molecular formula is C12H13NOS. The summed E-state index contributed by atoms with van der Waals surface area (Å²) in [4.78, 5) is 5.22. The van der Waals surface area contributed by atoms with Crippen molar-refractivity contribution < 1.29 is 5.11 Å². The van der Waals surface area contributed by atoms with E-state index >= 15 is 0 Å². The van der Waals surface area contributed by atoms with E-state index in [1.165, 1.54) is 4.88 Å². The molecule has 2 aromatic rings. The molecule has 1 unspecified atom stereocenters. The number of aryl methyl sites for hydroxylation is 1. The van der Waals surface area contributed by atoms with E-state index < -0.39 is 6.10 Å². The van der Waals surface area contributed by atoms with Gasteiger partial charge in [0.1, 0.15) is 0 Å². The van der Waals surface area contributed by atoms with Gasteiger partial charge in [-0.3, -0.25) is 4.98 Å². The third kappa shape index (κ3) is 2.43. The van der Waals surface area contributed by atoms with Crippen LogP contribution in [0.5, 0.6) is 0 Å². The molecule has 1 N–H and O–H groups in total. The third-order valence-corrected chi connectivity index (χ3v) is 3.30. The number of aliphatic hydroxyl groups is 1. The van der Waals surface area contributed by atoms with Crippen LogP contribution in [-0.4, -0.2) is 10.1 Å². The van der Waals surface area contributed by atoms with Gasteiger partial charge in [-0.2, -0.15) is 0 Å². The maximum atomic E-state index is 10.1. The lowest BCUT2D eigenvalue weighted by Crippen LogP contribution is -2.02. The number of aromatic nitrogens is 1. The summed E-state index contributed by atoms with van der Waals surface area (Å²) in [5.74, 6) is 0. The Hall–Kier alpha value is -1.19. The lowest BCUT2D eigenvalue weighted by Gasteiger charge is -2.11. The van der Waals surface area contributed by atoms with Crippen molar-refractivity contribution in [1.82, 2.24) is 4.98 Å². The van der Waals surface area contributed by atoms with Crippen molar-refractivity contribution in [2.24, 2.45) is 0 Å². The van der Waals surface area contributed by atoms with Gasteiger partial charge >= 0.3 is 0 Å². The highest BCUT2D eigenvalue weighted by molar-refractivity contribution is 7.09. The van der Waals surface area contributed by atoms with Gasteiger partial charge in [-0.1, -0.05) is 6.07 Å². The Labute approximate surface area is 93.2 Å². The first-order chi connectivity index (χ1) is 7.27. The predicted octanol–water partition coefficient (Wildman–Crippen LogP) is 2.73. The van der Waals surface area contributed by atoms with Crippen LogP contribution in [-0.2, 0) is 6.42 Å². The van der Waals surface area contributed by atoms with Crippen molar-refractivity contribution >= 4 is 11.3 Å². The largest absolute Gasteiger partial charge is 0.388 e. The molecule has 0 aromatic carbocycles. The zero-order valence-corrected chi connectivity index (χ0v) is 9.37. The normalized spacial score (nSPS) is 12.7. The van der Waals surface area contributed by atoms with Gasteiger partial charge in [-0.15, -0.1) is 11.3 Å². The van der Waals surface area contributed by atoms with Crippen LogP contribution in [0.4, 0.5) is 0 Å². The quantitative estimate of drug-likeness (QED) is 0.861. The first kappa shape index (κ1) is 10.3. The Morgan fingerprint density at radius 1 is 1.47 bits per heavy atom. The zero-order chi connectivity index (χ0) is 10.7. The molecule has 15 heavy (non-hydrogen) atoms. The predicted molar refractivity (Wildman–Crippen MR) is 62.0 cm³/mol. The van der Waals surface area contributed by atoms with E-state index in [0.717, 1.165) is 11.1 Å². The average Bonchev–Trinajstić information content (AvgIpc) is 2.71. The molecule has 0 aliphatic carbocycles. The molecule has 78 valence electrons. The molecule has 2 rings (SSSR count). The van der Waals surface area contributed by atoms with Gasteiger partial charge in [0, 0.05) is 23.7 Å². The summed E-state index contributed by atoms with van der Waals surface area (Å²) >= 11 is 1.68. The van der Waals surface area contributed by atoms with Gasteiger partial charge in [0.05, 0.1) is 6.10 Å². The summed E-state index contributed by atoms with van der Waals surface area (Å²) in [6, 6.07) is 5.93. The van der Waals surface area contributed by atoms with Crippen molar-refractivity contribution in [3.05, 3.63) is 52.0 Å². The van der Waals surface area contributed by atoms with E-state index in [2.05, 4.69) is 4.98 Å². The third-order valence-electron chi connectivity index (χ3n) is 2.40. The first-order valence-corrected chi connectivity index (χ1v) is 5.76. The van der Waals surface area contributed by atoms with E-state index in [1.807, 2.05) is 30.5 Å². The number of hydrogen-bond donors (Lipinski definition) is 1. The number of aliphatic hydroxyl groups excluding tert-OH is 1. The molecular weight excluding hydrogens is 206 g/mol. The molecule has 0 saturated carbocycles. The van der Waals surface area contributed by atoms with Gasteiger partial charge in [0.15, 0.2) is 0 Å². The monoisotopic (exact) mass is 219 g/mol. The molecule has 0 amide bonds. The van der Waals surface area contributed by atoms with E-state index in [0.29, 0.717) is 6.42 Å². The topological polar surface area (TPSA) is 33.1 Å². The summed E-state index contributed by atoms with van der Waals surface area (Å²) in [7, 11) is 0. The molecule has 2 nitrogen and oxygen atoms in total. The van der Waals surface area contributed by atoms with Crippen molar-refractivity contribution in [2.75, 3.05) is 0 Å². The highest BCUT2D eigenvalue weighted by Gasteiger charge is 2.11. The Morgan fingerprint density at radius 2 is 2.33 bits per heavy atom. The SMILES string of the molecule is Cc1cnccc1C(O)Cc1cccs1. The second-order valence-corrected chi connectivity index (χ2v) is 4.56. The van der Waals surface area contributed by atoms with Gasteiger partial charge in [-0.25, -0.2) is 0 Å². The minimum Gasteiger partial charge on any atom is -0.388 e. The molecule has 0 bridgehead atoms. The van der Waals surface area contributed by atoms with Crippen LogP contribution in [0.15, 0.2) is 36.0 Å². The highest BCUT2D eigenvalue weighted by atomic mass is 32.1. The summed E-state index contributed by atoms with van der Waals surface area (Å²) in [6.07, 6.45) is 3.77. The van der Waals surface area contributed by atoms with Crippen LogP contribution < -0.4 is 0 Å². The van der Waals surface area contributed by atoms with Crippen LogP contribution >= 0.6 is 11.3 Å². The molecule has 2 aromatic heterocycles. The minimum absolute atomic E-state index is 0.424.